The maximum atomic E-state index is 13.4. The number of sulfonamides is 1. The van der Waals surface area contributed by atoms with Crippen LogP contribution in [-0.2, 0) is 14.8 Å². The fraction of sp³-hybridized carbons (Fsp3) is 0.667. The van der Waals surface area contributed by atoms with Crippen LogP contribution in [0, 0.1) is 17.7 Å². The maximum Gasteiger partial charge on any atom is 0.243 e. The second-order valence-electron chi connectivity index (χ2n) is 8.13. The van der Waals surface area contributed by atoms with Gasteiger partial charge in [-0.1, -0.05) is 13.0 Å². The molecular weight excluding hydrogens is 379 g/mol. The minimum atomic E-state index is -3.65. The number of piperidine rings is 1. The Morgan fingerprint density at radius 2 is 1.89 bits per heavy atom. The number of amides is 1. The molecule has 1 aromatic rings. The first-order chi connectivity index (χ1) is 13.4. The van der Waals surface area contributed by atoms with Crippen LogP contribution in [-0.4, -0.2) is 49.7 Å². The summed E-state index contributed by atoms with van der Waals surface area (Å²) in [6, 6.07) is 5.17. The molecule has 0 unspecified atom stereocenters. The third-order valence-electron chi connectivity index (χ3n) is 5.80. The average molecular weight is 411 g/mol. The first-order valence-electron chi connectivity index (χ1n) is 10.4. The van der Waals surface area contributed by atoms with E-state index in [1.165, 1.54) is 35.3 Å². The first kappa shape index (κ1) is 21.2. The second kappa shape index (κ2) is 9.35. The Morgan fingerprint density at radius 1 is 1.18 bits per heavy atom. The molecule has 1 saturated heterocycles. The van der Waals surface area contributed by atoms with E-state index in [2.05, 4.69) is 6.92 Å². The topological polar surface area (TPSA) is 57.7 Å². The largest absolute Gasteiger partial charge is 0.342 e. The van der Waals surface area contributed by atoms with Crippen LogP contribution < -0.4 is 0 Å². The van der Waals surface area contributed by atoms with E-state index in [4.69, 9.17) is 0 Å². The van der Waals surface area contributed by atoms with Crippen molar-refractivity contribution in [2.75, 3.05) is 26.2 Å². The Labute approximate surface area is 168 Å². The minimum absolute atomic E-state index is 0.0106. The highest BCUT2D eigenvalue weighted by atomic mass is 32.2. The Hall–Kier alpha value is -1.47. The van der Waals surface area contributed by atoms with Gasteiger partial charge >= 0.3 is 0 Å². The second-order valence-corrected chi connectivity index (χ2v) is 10.1. The summed E-state index contributed by atoms with van der Waals surface area (Å²) in [6.45, 7) is 4.69. The Balaban J connectivity index is 1.47. The van der Waals surface area contributed by atoms with E-state index < -0.39 is 15.8 Å². The van der Waals surface area contributed by atoms with E-state index in [1.54, 1.807) is 0 Å². The molecule has 1 aliphatic carbocycles. The number of rotatable bonds is 9. The lowest BCUT2D eigenvalue weighted by Crippen LogP contribution is -2.39. The Kier molecular flexibility index (Phi) is 7.10. The Bertz CT molecular complexity index is 772. The quantitative estimate of drug-likeness (QED) is 0.624. The van der Waals surface area contributed by atoms with Crippen LogP contribution in [0.15, 0.2) is 29.2 Å². The lowest BCUT2D eigenvalue weighted by molar-refractivity contribution is -0.131. The molecule has 1 aromatic carbocycles. The third-order valence-corrected chi connectivity index (χ3v) is 7.69. The normalized spacial score (nSPS) is 18.9. The highest BCUT2D eigenvalue weighted by Crippen LogP contribution is 2.31. The first-order valence-corrected chi connectivity index (χ1v) is 11.9. The summed E-state index contributed by atoms with van der Waals surface area (Å²) in [5.41, 5.74) is 0. The van der Waals surface area contributed by atoms with Gasteiger partial charge in [0.2, 0.25) is 15.9 Å². The van der Waals surface area contributed by atoms with Crippen LogP contribution in [0.3, 0.4) is 0 Å². The van der Waals surface area contributed by atoms with Crippen molar-refractivity contribution in [3.8, 4) is 0 Å². The van der Waals surface area contributed by atoms with Crippen LogP contribution in [0.4, 0.5) is 4.39 Å². The molecule has 1 amide bonds. The molecule has 0 bridgehead atoms. The van der Waals surface area contributed by atoms with Gasteiger partial charge in [-0.2, -0.15) is 4.31 Å². The molecule has 2 fully saturated rings. The molecule has 1 aliphatic heterocycles. The predicted molar refractivity (Wildman–Crippen MR) is 107 cm³/mol. The van der Waals surface area contributed by atoms with E-state index in [9.17, 15) is 17.6 Å². The highest BCUT2D eigenvalue weighted by molar-refractivity contribution is 7.89. The third kappa shape index (κ3) is 5.54. The van der Waals surface area contributed by atoms with Crippen molar-refractivity contribution in [3.05, 3.63) is 30.1 Å². The zero-order valence-corrected chi connectivity index (χ0v) is 17.5. The zero-order chi connectivity index (χ0) is 20.1. The van der Waals surface area contributed by atoms with Gasteiger partial charge in [0.05, 0.1) is 4.90 Å². The molecule has 1 saturated carbocycles. The van der Waals surface area contributed by atoms with Crippen LogP contribution in [0.1, 0.15) is 51.9 Å². The number of hydrogen-bond acceptors (Lipinski definition) is 3. The molecule has 1 heterocycles. The van der Waals surface area contributed by atoms with Crippen molar-refractivity contribution in [1.29, 1.82) is 0 Å². The molecule has 0 aromatic heterocycles. The predicted octanol–water partition coefficient (Wildman–Crippen LogP) is 3.66. The number of halogens is 1. The van der Waals surface area contributed by atoms with Gasteiger partial charge in [0.15, 0.2) is 0 Å². The fourth-order valence-corrected chi connectivity index (χ4v) is 5.40. The van der Waals surface area contributed by atoms with Crippen molar-refractivity contribution in [2.45, 2.75) is 56.8 Å². The molecule has 0 N–H and O–H groups in total. The van der Waals surface area contributed by atoms with Crippen molar-refractivity contribution in [2.24, 2.45) is 11.8 Å². The summed E-state index contributed by atoms with van der Waals surface area (Å²) >= 11 is 0. The minimum Gasteiger partial charge on any atom is -0.342 e. The summed E-state index contributed by atoms with van der Waals surface area (Å²) in [6.07, 6.45) is 6.33. The van der Waals surface area contributed by atoms with E-state index in [-0.39, 0.29) is 10.8 Å². The standard InChI is InChI=1S/C21H31FN2O3S/c1-2-12-23(16-18-6-7-18)21(25)9-8-17-10-13-24(14-11-17)28(26,27)20-5-3-4-19(22)15-20/h3-5,15,17-18H,2,6-14,16H2,1H3. The number of benzene rings is 1. The van der Waals surface area contributed by atoms with Crippen molar-refractivity contribution in [3.63, 3.8) is 0 Å². The van der Waals surface area contributed by atoms with Gasteiger partial charge in [-0.3, -0.25) is 4.79 Å². The van der Waals surface area contributed by atoms with E-state index >= 15 is 0 Å². The smallest absolute Gasteiger partial charge is 0.243 e. The van der Waals surface area contributed by atoms with Gasteiger partial charge in [-0.15, -0.1) is 0 Å². The molecular formula is C21H31FN2O3S. The molecule has 0 atom stereocenters. The lowest BCUT2D eigenvalue weighted by Gasteiger charge is -2.31. The number of nitrogens with zero attached hydrogens (tertiary/aromatic N) is 2. The fourth-order valence-electron chi connectivity index (χ4n) is 3.90. The van der Waals surface area contributed by atoms with Gasteiger partial charge in [-0.25, -0.2) is 12.8 Å². The van der Waals surface area contributed by atoms with Crippen LogP contribution >= 0.6 is 0 Å². The molecule has 0 radical (unpaired) electrons. The van der Waals surface area contributed by atoms with Gasteiger partial charge in [0.1, 0.15) is 5.82 Å². The molecule has 5 nitrogen and oxygen atoms in total. The van der Waals surface area contributed by atoms with E-state index in [0.717, 1.165) is 44.8 Å². The molecule has 156 valence electrons. The molecule has 28 heavy (non-hydrogen) atoms. The summed E-state index contributed by atoms with van der Waals surface area (Å²) < 4.78 is 40.2. The van der Waals surface area contributed by atoms with Gasteiger partial charge in [0.25, 0.3) is 0 Å². The molecule has 2 aliphatic rings. The summed E-state index contributed by atoms with van der Waals surface area (Å²) in [4.78, 5) is 14.6. The van der Waals surface area contributed by atoms with Crippen LogP contribution in [0.5, 0.6) is 0 Å². The summed E-state index contributed by atoms with van der Waals surface area (Å²) in [5, 5.41) is 0. The lowest BCUT2D eigenvalue weighted by atomic mass is 9.93. The highest BCUT2D eigenvalue weighted by Gasteiger charge is 2.30. The number of carbonyl (C=O) groups is 1. The summed E-state index contributed by atoms with van der Waals surface area (Å²) in [7, 11) is -3.65. The Morgan fingerprint density at radius 3 is 2.50 bits per heavy atom. The molecule has 7 heteroatoms. The number of carbonyl (C=O) groups excluding carboxylic acids is 1. The maximum absolute atomic E-state index is 13.4. The van der Waals surface area contributed by atoms with Crippen LogP contribution in [0.2, 0.25) is 0 Å². The van der Waals surface area contributed by atoms with Gasteiger partial charge in [-0.05, 0) is 68.6 Å². The molecule has 0 spiro atoms. The van der Waals surface area contributed by atoms with E-state index in [0.29, 0.717) is 31.3 Å². The average Bonchev–Trinajstić information content (AvgIpc) is 3.50. The van der Waals surface area contributed by atoms with Crippen molar-refractivity contribution >= 4 is 15.9 Å². The van der Waals surface area contributed by atoms with Gasteiger partial charge in [0, 0.05) is 32.6 Å². The number of hydrogen-bond donors (Lipinski definition) is 0. The van der Waals surface area contributed by atoms with Gasteiger partial charge < -0.3 is 4.90 Å². The SMILES string of the molecule is CCCN(CC1CC1)C(=O)CCC1CCN(S(=O)(=O)c2cccc(F)c2)CC1. The monoisotopic (exact) mass is 410 g/mol. The summed E-state index contributed by atoms with van der Waals surface area (Å²) in [5.74, 6) is 0.764. The van der Waals surface area contributed by atoms with Crippen molar-refractivity contribution in [1.82, 2.24) is 9.21 Å². The van der Waals surface area contributed by atoms with E-state index in [1.807, 2.05) is 4.90 Å². The zero-order valence-electron chi connectivity index (χ0n) is 16.6. The van der Waals surface area contributed by atoms with Crippen LogP contribution in [0.25, 0.3) is 0 Å². The molecule has 3 rings (SSSR count). The van der Waals surface area contributed by atoms with Crippen molar-refractivity contribution < 1.29 is 17.6 Å².